The smallest absolute Gasteiger partial charge is 0.323 e. The zero-order valence-corrected chi connectivity index (χ0v) is 14.6. The predicted molar refractivity (Wildman–Crippen MR) is 85.4 cm³/mol. The van der Waals surface area contributed by atoms with Gasteiger partial charge in [0, 0.05) is 6.04 Å². The van der Waals surface area contributed by atoms with Crippen LogP contribution in [0.4, 0.5) is 4.79 Å². The van der Waals surface area contributed by atoms with Crippen LogP contribution >= 0.6 is 0 Å². The van der Waals surface area contributed by atoms with Crippen LogP contribution in [0.3, 0.4) is 0 Å². The molecule has 3 atom stereocenters. The molecule has 0 radical (unpaired) electrons. The third kappa shape index (κ3) is 2.87. The van der Waals surface area contributed by atoms with Crippen LogP contribution in [0.15, 0.2) is 0 Å². The fourth-order valence-corrected chi connectivity index (χ4v) is 5.89. The molecule has 7 nitrogen and oxygen atoms in total. The van der Waals surface area contributed by atoms with E-state index in [1.165, 1.54) is 4.90 Å². The van der Waals surface area contributed by atoms with E-state index in [1.54, 1.807) is 7.05 Å². The predicted octanol–water partition coefficient (Wildman–Crippen LogP) is 0.564. The van der Waals surface area contributed by atoms with Gasteiger partial charge in [0.2, 0.25) is 0 Å². The lowest BCUT2D eigenvalue weighted by Crippen LogP contribution is -2.54. The highest BCUT2D eigenvalue weighted by Gasteiger charge is 2.55. The summed E-state index contributed by atoms with van der Waals surface area (Å²) in [4.78, 5) is 28.3. The van der Waals surface area contributed by atoms with Gasteiger partial charge in [-0.3, -0.25) is 9.69 Å². The number of imide groups is 1. The first-order chi connectivity index (χ1) is 10.8. The van der Waals surface area contributed by atoms with Crippen molar-refractivity contribution < 1.29 is 18.0 Å². The number of carbonyl (C=O) groups is 2. The Morgan fingerprint density at radius 3 is 2.65 bits per heavy atom. The summed E-state index contributed by atoms with van der Waals surface area (Å²) in [6.45, 7) is 2.17. The van der Waals surface area contributed by atoms with Crippen LogP contribution in [0, 0.1) is 5.92 Å². The molecule has 0 aromatic carbocycles. The maximum absolute atomic E-state index is 12.9. The third-order valence-electron chi connectivity index (χ3n) is 5.70. The molecule has 0 aromatic heterocycles. The van der Waals surface area contributed by atoms with Gasteiger partial charge in [-0.15, -0.1) is 0 Å². The summed E-state index contributed by atoms with van der Waals surface area (Å²) in [7, 11) is -1.20. The van der Waals surface area contributed by atoms with Crippen LogP contribution < -0.4 is 5.32 Å². The standard InChI is InChI=1S/C15H25N3O4S/c1-11-5-3-4-7-15(11)13(19)18(14(20)16-15)10-17(2)12-6-8-23(21,22)9-12/h11-12H,3-10H2,1-2H3,(H,16,20)/t11-,12-,15+/m1/s1. The molecule has 0 unspecified atom stereocenters. The number of nitrogens with one attached hydrogen (secondary N) is 1. The van der Waals surface area contributed by atoms with Gasteiger partial charge in [-0.2, -0.15) is 0 Å². The number of hydrogen-bond acceptors (Lipinski definition) is 5. The Balaban J connectivity index is 1.71. The van der Waals surface area contributed by atoms with Crippen molar-refractivity contribution >= 4 is 21.8 Å². The summed E-state index contributed by atoms with van der Waals surface area (Å²) >= 11 is 0. The van der Waals surface area contributed by atoms with E-state index in [0.29, 0.717) is 12.8 Å². The summed E-state index contributed by atoms with van der Waals surface area (Å²) < 4.78 is 23.2. The lowest BCUT2D eigenvalue weighted by molar-refractivity contribution is -0.135. The number of carbonyl (C=O) groups excluding carboxylic acids is 2. The quantitative estimate of drug-likeness (QED) is 0.757. The van der Waals surface area contributed by atoms with E-state index in [-0.39, 0.29) is 42.1 Å². The molecule has 8 heteroatoms. The Bertz CT molecular complexity index is 620. The fourth-order valence-electron chi connectivity index (χ4n) is 4.09. The zero-order valence-electron chi connectivity index (χ0n) is 13.7. The topological polar surface area (TPSA) is 86.8 Å². The molecule has 3 amide bonds. The van der Waals surface area contributed by atoms with Gasteiger partial charge in [0.05, 0.1) is 18.2 Å². The first kappa shape index (κ1) is 16.7. The molecule has 2 aliphatic heterocycles. The SMILES string of the molecule is C[C@@H]1CCCC[C@]12NC(=O)N(CN(C)[C@@H]1CCS(=O)(=O)C1)C2=O. The normalized spacial score (nSPS) is 36.9. The molecule has 23 heavy (non-hydrogen) atoms. The van der Waals surface area contributed by atoms with Gasteiger partial charge >= 0.3 is 6.03 Å². The molecule has 1 N–H and O–H groups in total. The molecule has 3 fully saturated rings. The van der Waals surface area contributed by atoms with Gasteiger partial charge in [0.15, 0.2) is 9.84 Å². The lowest BCUT2D eigenvalue weighted by atomic mass is 9.73. The molecule has 3 aliphatic rings. The molecule has 130 valence electrons. The van der Waals surface area contributed by atoms with Crippen LogP contribution in [0.2, 0.25) is 0 Å². The van der Waals surface area contributed by atoms with Crippen LogP contribution in [0.1, 0.15) is 39.0 Å². The second-order valence-electron chi connectivity index (χ2n) is 7.24. The first-order valence-corrected chi connectivity index (χ1v) is 10.1. The number of nitrogens with zero attached hydrogens (tertiary/aromatic N) is 2. The van der Waals surface area contributed by atoms with Gasteiger partial charge in [0.25, 0.3) is 5.91 Å². The minimum Gasteiger partial charge on any atom is -0.323 e. The van der Waals surface area contributed by atoms with Crippen LogP contribution in [-0.4, -0.2) is 67.0 Å². The van der Waals surface area contributed by atoms with E-state index in [4.69, 9.17) is 0 Å². The number of hydrogen-bond donors (Lipinski definition) is 1. The highest BCUT2D eigenvalue weighted by molar-refractivity contribution is 7.91. The van der Waals surface area contributed by atoms with Crippen molar-refractivity contribution in [3.8, 4) is 0 Å². The van der Waals surface area contributed by atoms with Crippen LogP contribution in [0.5, 0.6) is 0 Å². The van der Waals surface area contributed by atoms with Crippen molar-refractivity contribution in [1.82, 2.24) is 15.1 Å². The molecule has 1 saturated carbocycles. The molecule has 0 bridgehead atoms. The van der Waals surface area contributed by atoms with Gasteiger partial charge in [-0.05, 0) is 32.2 Å². The summed E-state index contributed by atoms with van der Waals surface area (Å²) in [5.74, 6) is 0.273. The molecule has 2 heterocycles. The first-order valence-electron chi connectivity index (χ1n) is 8.30. The van der Waals surface area contributed by atoms with E-state index in [9.17, 15) is 18.0 Å². The van der Waals surface area contributed by atoms with Crippen molar-refractivity contribution in [3.63, 3.8) is 0 Å². The van der Waals surface area contributed by atoms with Crippen molar-refractivity contribution in [3.05, 3.63) is 0 Å². The lowest BCUT2D eigenvalue weighted by Gasteiger charge is -2.37. The summed E-state index contributed by atoms with van der Waals surface area (Å²) in [5, 5.41) is 2.92. The van der Waals surface area contributed by atoms with Gasteiger partial charge in [-0.25, -0.2) is 18.1 Å². The van der Waals surface area contributed by atoms with Crippen molar-refractivity contribution in [2.75, 3.05) is 25.2 Å². The Morgan fingerprint density at radius 1 is 1.30 bits per heavy atom. The van der Waals surface area contributed by atoms with E-state index in [1.807, 2.05) is 11.8 Å². The van der Waals surface area contributed by atoms with Crippen molar-refractivity contribution in [1.29, 1.82) is 0 Å². The molecule has 2 saturated heterocycles. The summed E-state index contributed by atoms with van der Waals surface area (Å²) in [5.41, 5.74) is -0.752. The Labute approximate surface area is 137 Å². The van der Waals surface area contributed by atoms with Crippen molar-refractivity contribution in [2.45, 2.75) is 50.6 Å². The molecule has 3 rings (SSSR count). The Hall–Kier alpha value is -1.15. The van der Waals surface area contributed by atoms with E-state index in [2.05, 4.69) is 5.32 Å². The number of amides is 3. The third-order valence-corrected chi connectivity index (χ3v) is 7.45. The minimum atomic E-state index is -2.98. The fraction of sp³-hybridized carbons (Fsp3) is 0.867. The highest BCUT2D eigenvalue weighted by Crippen LogP contribution is 2.38. The molecular formula is C15H25N3O4S. The average molecular weight is 343 g/mol. The van der Waals surface area contributed by atoms with E-state index < -0.39 is 15.4 Å². The van der Waals surface area contributed by atoms with E-state index in [0.717, 1.165) is 19.3 Å². The highest BCUT2D eigenvalue weighted by atomic mass is 32.2. The second kappa shape index (κ2) is 5.73. The largest absolute Gasteiger partial charge is 0.326 e. The number of urea groups is 1. The maximum atomic E-state index is 12.9. The minimum absolute atomic E-state index is 0.106. The molecular weight excluding hydrogens is 318 g/mol. The van der Waals surface area contributed by atoms with Gasteiger partial charge in [0.1, 0.15) is 5.54 Å². The van der Waals surface area contributed by atoms with Crippen molar-refractivity contribution in [2.24, 2.45) is 5.92 Å². The van der Waals surface area contributed by atoms with E-state index >= 15 is 0 Å². The Kier molecular flexibility index (Phi) is 4.16. The van der Waals surface area contributed by atoms with Crippen LogP contribution in [0.25, 0.3) is 0 Å². The maximum Gasteiger partial charge on any atom is 0.326 e. The molecule has 1 spiro atoms. The zero-order chi connectivity index (χ0) is 16.8. The monoisotopic (exact) mass is 343 g/mol. The summed E-state index contributed by atoms with van der Waals surface area (Å²) in [6.07, 6.45) is 4.23. The van der Waals surface area contributed by atoms with Gasteiger partial charge < -0.3 is 5.32 Å². The van der Waals surface area contributed by atoms with Crippen LogP contribution in [-0.2, 0) is 14.6 Å². The summed E-state index contributed by atoms with van der Waals surface area (Å²) in [6, 6.07) is -0.475. The van der Waals surface area contributed by atoms with Gasteiger partial charge in [-0.1, -0.05) is 19.8 Å². The number of sulfone groups is 1. The molecule has 0 aromatic rings. The molecule has 1 aliphatic carbocycles. The average Bonchev–Trinajstić information content (AvgIpc) is 2.96. The number of rotatable bonds is 3. The Morgan fingerprint density at radius 2 is 2.04 bits per heavy atom. The second-order valence-corrected chi connectivity index (χ2v) is 9.47.